The molecule has 0 aromatic carbocycles. The van der Waals surface area contributed by atoms with Crippen molar-refractivity contribution in [3.63, 3.8) is 0 Å². The van der Waals surface area contributed by atoms with Crippen LogP contribution in [-0.2, 0) is 9.59 Å². The Morgan fingerprint density at radius 2 is 2.29 bits per heavy atom. The van der Waals surface area contributed by atoms with Gasteiger partial charge >= 0.3 is 5.97 Å². The molecular formula is C13H18O4. The Balaban J connectivity index is 2.24. The van der Waals surface area contributed by atoms with Gasteiger partial charge in [0, 0.05) is 6.42 Å². The minimum atomic E-state index is -0.800. The molecule has 4 nitrogen and oxygen atoms in total. The molecule has 0 radical (unpaired) electrons. The second kappa shape index (κ2) is 6.35. The van der Waals surface area contributed by atoms with E-state index in [4.69, 9.17) is 5.11 Å². The molecule has 0 bridgehead atoms. The van der Waals surface area contributed by atoms with Crippen molar-refractivity contribution < 1.29 is 19.8 Å². The number of rotatable bonds is 6. The van der Waals surface area contributed by atoms with E-state index in [1.54, 1.807) is 13.0 Å². The molecule has 94 valence electrons. The second-order valence-corrected chi connectivity index (χ2v) is 4.37. The number of hydrogen-bond donors (Lipinski definition) is 2. The van der Waals surface area contributed by atoms with Crippen LogP contribution in [0.15, 0.2) is 23.8 Å². The smallest absolute Gasteiger partial charge is 0.306 e. The van der Waals surface area contributed by atoms with Crippen LogP contribution in [-0.4, -0.2) is 28.1 Å². The largest absolute Gasteiger partial charge is 0.481 e. The van der Waals surface area contributed by atoms with Crippen molar-refractivity contribution in [2.45, 2.75) is 38.7 Å². The molecular weight excluding hydrogens is 220 g/mol. The number of allylic oxidation sites excluding steroid dienone is 3. The van der Waals surface area contributed by atoms with Crippen LogP contribution in [0.3, 0.4) is 0 Å². The highest BCUT2D eigenvalue weighted by molar-refractivity contribution is 5.98. The first-order chi connectivity index (χ1) is 8.00. The van der Waals surface area contributed by atoms with Gasteiger partial charge in [0.25, 0.3) is 0 Å². The van der Waals surface area contributed by atoms with Crippen molar-refractivity contribution in [1.82, 2.24) is 0 Å². The average molecular weight is 238 g/mol. The van der Waals surface area contributed by atoms with E-state index in [2.05, 4.69) is 0 Å². The monoisotopic (exact) mass is 238 g/mol. The van der Waals surface area contributed by atoms with Gasteiger partial charge in [-0.15, -0.1) is 0 Å². The van der Waals surface area contributed by atoms with Crippen LogP contribution in [0.1, 0.15) is 32.6 Å². The van der Waals surface area contributed by atoms with Crippen molar-refractivity contribution in [1.29, 1.82) is 0 Å². The zero-order valence-corrected chi connectivity index (χ0v) is 9.93. The summed E-state index contributed by atoms with van der Waals surface area (Å²) in [7, 11) is 0. The molecule has 17 heavy (non-hydrogen) atoms. The van der Waals surface area contributed by atoms with Crippen molar-refractivity contribution in [2.24, 2.45) is 5.92 Å². The Kier molecular flexibility index (Phi) is 5.10. The Morgan fingerprint density at radius 1 is 1.59 bits per heavy atom. The maximum absolute atomic E-state index is 11.3. The summed E-state index contributed by atoms with van der Waals surface area (Å²) in [6.07, 6.45) is 6.74. The quantitative estimate of drug-likeness (QED) is 0.690. The Hall–Kier alpha value is -1.42. The van der Waals surface area contributed by atoms with Gasteiger partial charge in [0.15, 0.2) is 5.78 Å². The Labute approximate surface area is 101 Å². The number of aliphatic carboxylic acids is 1. The number of aliphatic hydroxyl groups excluding tert-OH is 1. The second-order valence-electron chi connectivity index (χ2n) is 4.37. The number of carbonyl (C=O) groups excluding carboxylic acids is 1. The fourth-order valence-corrected chi connectivity index (χ4v) is 1.69. The van der Waals surface area contributed by atoms with Gasteiger partial charge < -0.3 is 10.2 Å². The van der Waals surface area contributed by atoms with E-state index < -0.39 is 12.1 Å². The zero-order valence-electron chi connectivity index (χ0n) is 9.93. The number of Topliss-reactive ketones (excluding diaryl/α,β-unsaturated/α-hetero) is 1. The maximum Gasteiger partial charge on any atom is 0.306 e. The number of hydrogen-bond acceptors (Lipinski definition) is 3. The van der Waals surface area contributed by atoms with Gasteiger partial charge in [0.2, 0.25) is 0 Å². The van der Waals surface area contributed by atoms with Gasteiger partial charge in [-0.05, 0) is 30.9 Å². The minimum absolute atomic E-state index is 0.0183. The topological polar surface area (TPSA) is 74.6 Å². The van der Waals surface area contributed by atoms with Gasteiger partial charge in [0.1, 0.15) is 0 Å². The minimum Gasteiger partial charge on any atom is -0.481 e. The summed E-state index contributed by atoms with van der Waals surface area (Å²) in [5, 5.41) is 17.9. The first-order valence-electron chi connectivity index (χ1n) is 5.80. The summed E-state index contributed by atoms with van der Waals surface area (Å²) in [6, 6.07) is 0. The Morgan fingerprint density at radius 3 is 2.82 bits per heavy atom. The molecule has 0 aromatic heterocycles. The maximum atomic E-state index is 11.3. The highest BCUT2D eigenvalue weighted by atomic mass is 16.4. The van der Waals surface area contributed by atoms with Crippen LogP contribution in [0.4, 0.5) is 0 Å². The lowest BCUT2D eigenvalue weighted by atomic mass is 10.1. The molecule has 0 aliphatic heterocycles. The summed E-state index contributed by atoms with van der Waals surface area (Å²) in [5.74, 6) is -1.16. The van der Waals surface area contributed by atoms with E-state index in [0.717, 1.165) is 0 Å². The molecule has 0 amide bonds. The van der Waals surface area contributed by atoms with E-state index in [1.807, 2.05) is 12.2 Å². The van der Waals surface area contributed by atoms with Crippen LogP contribution in [0.2, 0.25) is 0 Å². The number of carboxylic acids is 1. The fraction of sp³-hybridized carbons (Fsp3) is 0.538. The van der Waals surface area contributed by atoms with Crippen molar-refractivity contribution in [3.8, 4) is 0 Å². The van der Waals surface area contributed by atoms with E-state index in [0.29, 0.717) is 24.8 Å². The SMILES string of the molecule is CC(C/C=C/CCC1=CC(O)CC1=O)C(=O)O. The number of carbonyl (C=O) groups is 2. The molecule has 0 heterocycles. The summed E-state index contributed by atoms with van der Waals surface area (Å²) in [4.78, 5) is 21.9. The van der Waals surface area contributed by atoms with Gasteiger partial charge in [-0.2, -0.15) is 0 Å². The van der Waals surface area contributed by atoms with Crippen molar-refractivity contribution in [3.05, 3.63) is 23.8 Å². The third-order valence-corrected chi connectivity index (χ3v) is 2.80. The van der Waals surface area contributed by atoms with E-state index in [-0.39, 0.29) is 18.1 Å². The fourth-order valence-electron chi connectivity index (χ4n) is 1.69. The molecule has 0 fully saturated rings. The molecule has 2 atom stereocenters. The molecule has 0 saturated carbocycles. The van der Waals surface area contributed by atoms with Crippen molar-refractivity contribution >= 4 is 11.8 Å². The zero-order chi connectivity index (χ0) is 12.8. The predicted molar refractivity (Wildman–Crippen MR) is 63.5 cm³/mol. The first kappa shape index (κ1) is 13.6. The van der Waals surface area contributed by atoms with Gasteiger partial charge in [-0.1, -0.05) is 19.1 Å². The van der Waals surface area contributed by atoms with Crippen LogP contribution in [0.25, 0.3) is 0 Å². The normalized spacial score (nSPS) is 21.9. The number of carboxylic acid groups (broad SMARTS) is 1. The summed E-state index contributed by atoms with van der Waals surface area (Å²) < 4.78 is 0. The predicted octanol–water partition coefficient (Wildman–Crippen LogP) is 1.69. The van der Waals surface area contributed by atoms with Crippen LogP contribution in [0, 0.1) is 5.92 Å². The molecule has 0 saturated heterocycles. The van der Waals surface area contributed by atoms with Crippen LogP contribution in [0.5, 0.6) is 0 Å². The van der Waals surface area contributed by atoms with Crippen LogP contribution >= 0.6 is 0 Å². The summed E-state index contributed by atoms with van der Waals surface area (Å²) >= 11 is 0. The van der Waals surface area contributed by atoms with E-state index in [1.165, 1.54) is 0 Å². The molecule has 2 N–H and O–H groups in total. The lowest BCUT2D eigenvalue weighted by molar-refractivity contribution is -0.141. The molecule has 1 aliphatic rings. The summed E-state index contributed by atoms with van der Waals surface area (Å²) in [6.45, 7) is 1.66. The summed E-state index contributed by atoms with van der Waals surface area (Å²) in [5.41, 5.74) is 0.688. The molecule has 4 heteroatoms. The van der Waals surface area contributed by atoms with Crippen LogP contribution < -0.4 is 0 Å². The number of aliphatic hydroxyl groups is 1. The number of ketones is 1. The molecule has 0 aromatic rings. The third kappa shape index (κ3) is 4.53. The average Bonchev–Trinajstić information content (AvgIpc) is 2.56. The molecule has 2 unspecified atom stereocenters. The van der Waals surface area contributed by atoms with Gasteiger partial charge in [-0.25, -0.2) is 0 Å². The highest BCUT2D eigenvalue weighted by Crippen LogP contribution is 2.19. The molecule has 0 spiro atoms. The highest BCUT2D eigenvalue weighted by Gasteiger charge is 2.20. The van der Waals surface area contributed by atoms with Gasteiger partial charge in [0.05, 0.1) is 12.0 Å². The lowest BCUT2D eigenvalue weighted by Gasteiger charge is -2.00. The van der Waals surface area contributed by atoms with E-state index in [9.17, 15) is 14.7 Å². The first-order valence-corrected chi connectivity index (χ1v) is 5.80. The molecule has 1 aliphatic carbocycles. The van der Waals surface area contributed by atoms with E-state index >= 15 is 0 Å². The standard InChI is InChI=1S/C13H18O4/c1-9(13(16)17)5-3-2-4-6-10-7-11(14)8-12(10)15/h2-3,7,9,11,14H,4-6,8H2,1H3,(H,16,17)/b3-2+. The van der Waals surface area contributed by atoms with Crippen molar-refractivity contribution in [2.75, 3.05) is 0 Å². The van der Waals surface area contributed by atoms with Gasteiger partial charge in [-0.3, -0.25) is 9.59 Å². The lowest BCUT2D eigenvalue weighted by Crippen LogP contribution is -2.07. The molecule has 1 rings (SSSR count). The Bertz CT molecular complexity index is 354. The third-order valence-electron chi connectivity index (χ3n) is 2.80.